The Labute approximate surface area is 158 Å². The molecular formula is C22H23NO4. The fraction of sp³-hybridized carbons (Fsp3) is 0.273. The van der Waals surface area contributed by atoms with Crippen LogP contribution in [0.5, 0.6) is 0 Å². The molecule has 0 spiro atoms. The van der Waals surface area contributed by atoms with Gasteiger partial charge in [-0.3, -0.25) is 9.68 Å². The second-order valence-corrected chi connectivity index (χ2v) is 6.70. The number of nitrogens with zero attached hydrogens (tertiary/aromatic N) is 1. The topological polar surface area (TPSA) is 57.5 Å². The maximum Gasteiger partial charge on any atom is 0.339 e. The van der Waals surface area contributed by atoms with Gasteiger partial charge in [-0.15, -0.1) is 0 Å². The summed E-state index contributed by atoms with van der Waals surface area (Å²) in [5, 5.41) is 1.59. The van der Waals surface area contributed by atoms with Crippen LogP contribution in [0.4, 0.5) is 0 Å². The summed E-state index contributed by atoms with van der Waals surface area (Å²) in [6.07, 6.45) is 0.437. The highest BCUT2D eigenvalue weighted by Crippen LogP contribution is 2.33. The molecule has 0 fully saturated rings. The van der Waals surface area contributed by atoms with Gasteiger partial charge in [-0.05, 0) is 36.4 Å². The molecule has 1 heterocycles. The van der Waals surface area contributed by atoms with Crippen molar-refractivity contribution in [3.05, 3.63) is 69.6 Å². The Hall–Kier alpha value is -2.92. The van der Waals surface area contributed by atoms with E-state index in [9.17, 15) is 9.59 Å². The highest BCUT2D eigenvalue weighted by Gasteiger charge is 2.17. The first-order chi connectivity index (χ1) is 12.9. The Balaban J connectivity index is 2.21. The van der Waals surface area contributed by atoms with E-state index >= 15 is 0 Å². The molecule has 5 nitrogen and oxygen atoms in total. The van der Waals surface area contributed by atoms with Gasteiger partial charge in [0.1, 0.15) is 0 Å². The molecule has 3 rings (SSSR count). The lowest BCUT2D eigenvalue weighted by atomic mass is 9.92. The first-order valence-electron chi connectivity index (χ1n) is 8.88. The fourth-order valence-electron chi connectivity index (χ4n) is 3.46. The maximum absolute atomic E-state index is 12.8. The monoisotopic (exact) mass is 365 g/mol. The predicted octanol–water partition coefficient (Wildman–Crippen LogP) is 3.86. The van der Waals surface area contributed by atoms with Crippen molar-refractivity contribution in [1.82, 2.24) is 4.57 Å². The van der Waals surface area contributed by atoms with Crippen LogP contribution in [-0.4, -0.2) is 17.1 Å². The van der Waals surface area contributed by atoms with Gasteiger partial charge < -0.3 is 4.57 Å². The number of benzene rings is 2. The van der Waals surface area contributed by atoms with Crippen LogP contribution >= 0.6 is 0 Å². The van der Waals surface area contributed by atoms with Crippen molar-refractivity contribution in [2.45, 2.75) is 27.2 Å². The van der Waals surface area contributed by atoms with E-state index in [-0.39, 0.29) is 12.2 Å². The largest absolute Gasteiger partial charge is 0.339 e. The molecule has 0 amide bonds. The van der Waals surface area contributed by atoms with Gasteiger partial charge in [0.25, 0.3) is 5.56 Å². The van der Waals surface area contributed by atoms with E-state index in [1.165, 1.54) is 12.5 Å². The van der Waals surface area contributed by atoms with Crippen LogP contribution < -0.4 is 5.56 Å². The molecule has 0 aliphatic heterocycles. The summed E-state index contributed by atoms with van der Waals surface area (Å²) in [7, 11) is 1.77. The number of carbonyl (C=O) groups is 1. The molecule has 0 radical (unpaired) electrons. The minimum Gasteiger partial charge on any atom is -0.314 e. The van der Waals surface area contributed by atoms with Crippen molar-refractivity contribution in [1.29, 1.82) is 0 Å². The third-order valence-electron chi connectivity index (χ3n) is 4.67. The molecule has 0 atom stereocenters. The molecule has 0 aliphatic rings. The summed E-state index contributed by atoms with van der Waals surface area (Å²) in [5.74, 6) is -0.503. The van der Waals surface area contributed by atoms with E-state index in [1.807, 2.05) is 24.3 Å². The van der Waals surface area contributed by atoms with Crippen LogP contribution in [0.1, 0.15) is 23.7 Å². The smallest absolute Gasteiger partial charge is 0.314 e. The quantitative estimate of drug-likeness (QED) is 0.391. The van der Waals surface area contributed by atoms with Crippen molar-refractivity contribution < 1.29 is 14.6 Å². The van der Waals surface area contributed by atoms with E-state index in [2.05, 4.69) is 36.9 Å². The summed E-state index contributed by atoms with van der Waals surface area (Å²) in [6.45, 7) is 5.58. The standard InChI is InChI=1S/C22H23NO4/c1-14-9-10-17(15(2)13-14)21-18-7-5-6-8-19(18)22(25)23(4)20(21)11-12-26-27-16(3)24/h5-10,13H,11-12H2,1-4H3. The number of pyridine rings is 1. The van der Waals surface area contributed by atoms with Crippen LogP contribution in [0.15, 0.2) is 47.3 Å². The van der Waals surface area contributed by atoms with Gasteiger partial charge in [0.2, 0.25) is 0 Å². The summed E-state index contributed by atoms with van der Waals surface area (Å²) in [4.78, 5) is 33.3. The third-order valence-corrected chi connectivity index (χ3v) is 4.67. The zero-order valence-corrected chi connectivity index (χ0v) is 16.0. The minimum atomic E-state index is -0.503. The molecule has 0 bridgehead atoms. The van der Waals surface area contributed by atoms with Crippen LogP contribution in [0.25, 0.3) is 21.9 Å². The second kappa shape index (κ2) is 7.76. The Morgan fingerprint density at radius 3 is 2.44 bits per heavy atom. The van der Waals surface area contributed by atoms with Crippen molar-refractivity contribution in [2.75, 3.05) is 6.61 Å². The number of aryl methyl sites for hydroxylation is 2. The Morgan fingerprint density at radius 2 is 1.78 bits per heavy atom. The first kappa shape index (κ1) is 18.9. The lowest BCUT2D eigenvalue weighted by Gasteiger charge is -2.19. The molecule has 0 saturated carbocycles. The van der Waals surface area contributed by atoms with Gasteiger partial charge in [-0.25, -0.2) is 4.79 Å². The minimum absolute atomic E-state index is 0.0541. The van der Waals surface area contributed by atoms with Gasteiger partial charge in [0, 0.05) is 37.0 Å². The molecule has 0 unspecified atom stereocenters. The van der Waals surface area contributed by atoms with Crippen molar-refractivity contribution in [3.8, 4) is 11.1 Å². The summed E-state index contributed by atoms with van der Waals surface area (Å²) in [6, 6.07) is 13.9. The number of fused-ring (bicyclic) bond motifs is 1. The molecule has 0 saturated heterocycles. The van der Waals surface area contributed by atoms with Crippen molar-refractivity contribution in [2.24, 2.45) is 7.05 Å². The van der Waals surface area contributed by atoms with Crippen LogP contribution in [-0.2, 0) is 28.0 Å². The third kappa shape index (κ3) is 3.78. The number of aromatic nitrogens is 1. The van der Waals surface area contributed by atoms with Gasteiger partial charge in [-0.1, -0.05) is 42.0 Å². The molecule has 0 N–H and O–H groups in total. The highest BCUT2D eigenvalue weighted by atomic mass is 17.2. The van der Waals surface area contributed by atoms with Gasteiger partial charge in [0.15, 0.2) is 0 Å². The molecule has 27 heavy (non-hydrogen) atoms. The average Bonchev–Trinajstić information content (AvgIpc) is 2.63. The van der Waals surface area contributed by atoms with E-state index in [4.69, 9.17) is 4.89 Å². The van der Waals surface area contributed by atoms with E-state index in [1.54, 1.807) is 11.6 Å². The Kier molecular flexibility index (Phi) is 5.42. The SMILES string of the molecule is CC(=O)OOCCc1c(-c2ccc(C)cc2C)c2ccccc2c(=O)n1C. The van der Waals surface area contributed by atoms with Crippen LogP contribution in [0.2, 0.25) is 0 Å². The average molecular weight is 365 g/mol. The number of rotatable bonds is 5. The van der Waals surface area contributed by atoms with Gasteiger partial charge in [-0.2, -0.15) is 4.89 Å². The lowest BCUT2D eigenvalue weighted by Crippen LogP contribution is -2.23. The normalized spacial score (nSPS) is 11.0. The lowest BCUT2D eigenvalue weighted by molar-refractivity contribution is -0.269. The molecule has 5 heteroatoms. The second-order valence-electron chi connectivity index (χ2n) is 6.70. The number of hydrogen-bond acceptors (Lipinski definition) is 4. The predicted molar refractivity (Wildman–Crippen MR) is 106 cm³/mol. The fourth-order valence-corrected chi connectivity index (χ4v) is 3.46. The zero-order chi connectivity index (χ0) is 19.6. The maximum atomic E-state index is 12.8. The van der Waals surface area contributed by atoms with Crippen molar-refractivity contribution >= 4 is 16.7 Å². The summed E-state index contributed by atoms with van der Waals surface area (Å²) < 4.78 is 1.66. The Bertz CT molecular complexity index is 1070. The van der Waals surface area contributed by atoms with E-state index in [0.717, 1.165) is 27.8 Å². The molecule has 3 aromatic rings. The molecule has 0 aliphatic carbocycles. The first-order valence-corrected chi connectivity index (χ1v) is 8.88. The molecule has 1 aromatic heterocycles. The summed E-state index contributed by atoms with van der Waals surface area (Å²) >= 11 is 0. The van der Waals surface area contributed by atoms with E-state index in [0.29, 0.717) is 11.8 Å². The summed E-state index contributed by atoms with van der Waals surface area (Å²) in [5.41, 5.74) is 5.21. The van der Waals surface area contributed by atoms with E-state index < -0.39 is 5.97 Å². The Morgan fingerprint density at radius 1 is 1.07 bits per heavy atom. The molecular weight excluding hydrogens is 342 g/mol. The van der Waals surface area contributed by atoms with Crippen LogP contribution in [0, 0.1) is 13.8 Å². The molecule has 140 valence electrons. The molecule has 2 aromatic carbocycles. The number of carbonyl (C=O) groups excluding carboxylic acids is 1. The van der Waals surface area contributed by atoms with Crippen molar-refractivity contribution in [3.63, 3.8) is 0 Å². The van der Waals surface area contributed by atoms with Gasteiger partial charge in [0.05, 0.1) is 6.61 Å². The van der Waals surface area contributed by atoms with Gasteiger partial charge >= 0.3 is 5.97 Å². The zero-order valence-electron chi connectivity index (χ0n) is 16.0. The highest BCUT2D eigenvalue weighted by molar-refractivity contribution is 5.98. The van der Waals surface area contributed by atoms with Crippen LogP contribution in [0.3, 0.4) is 0 Å². The number of hydrogen-bond donors (Lipinski definition) is 0.